The van der Waals surface area contributed by atoms with E-state index < -0.39 is 0 Å². The summed E-state index contributed by atoms with van der Waals surface area (Å²) in [4.78, 5) is 32.1. The van der Waals surface area contributed by atoms with Gasteiger partial charge in [0.25, 0.3) is 5.56 Å². The Labute approximate surface area is 164 Å². The minimum Gasteiger partial charge on any atom is -0.342 e. The van der Waals surface area contributed by atoms with Crippen LogP contribution >= 0.6 is 11.8 Å². The molecule has 1 aromatic carbocycles. The van der Waals surface area contributed by atoms with E-state index in [-0.39, 0.29) is 18.0 Å². The number of fused-ring (bicyclic) bond motifs is 1. The summed E-state index contributed by atoms with van der Waals surface area (Å²) in [6.07, 6.45) is 3.51. The smallest absolute Gasteiger partial charge is 0.258 e. The molecule has 1 aliphatic rings. The standard InChI is InChI=1S/C21H27N3O2S/c1-3-23(4-2)19(25)15-24-20(26)17-11-8-12-18(17)22-21(24)27-14-13-16-9-6-5-7-10-16/h5-7,9-10H,3-4,8,11-15H2,1-2H3. The fraction of sp³-hybridized carbons (Fsp3) is 0.476. The number of nitrogens with zero attached hydrogens (tertiary/aromatic N) is 3. The third-order valence-electron chi connectivity index (χ3n) is 5.03. The average Bonchev–Trinajstić information content (AvgIpc) is 3.15. The van der Waals surface area contributed by atoms with Gasteiger partial charge in [-0.25, -0.2) is 4.98 Å². The second-order valence-corrected chi connectivity index (χ2v) is 7.78. The largest absolute Gasteiger partial charge is 0.342 e. The lowest BCUT2D eigenvalue weighted by Crippen LogP contribution is -2.38. The van der Waals surface area contributed by atoms with E-state index in [1.807, 2.05) is 32.0 Å². The monoisotopic (exact) mass is 385 g/mol. The van der Waals surface area contributed by atoms with Crippen molar-refractivity contribution in [1.82, 2.24) is 14.5 Å². The van der Waals surface area contributed by atoms with E-state index in [9.17, 15) is 9.59 Å². The molecular formula is C21H27N3O2S. The number of hydrogen-bond donors (Lipinski definition) is 0. The molecule has 1 aliphatic carbocycles. The summed E-state index contributed by atoms with van der Waals surface area (Å²) in [6, 6.07) is 10.3. The Balaban J connectivity index is 1.82. The summed E-state index contributed by atoms with van der Waals surface area (Å²) in [6.45, 7) is 5.30. The first-order chi connectivity index (χ1) is 13.1. The summed E-state index contributed by atoms with van der Waals surface area (Å²) in [5, 5.41) is 0.678. The number of aryl methyl sites for hydroxylation is 2. The predicted molar refractivity (Wildman–Crippen MR) is 109 cm³/mol. The molecule has 27 heavy (non-hydrogen) atoms. The Morgan fingerprint density at radius 3 is 2.63 bits per heavy atom. The van der Waals surface area contributed by atoms with Crippen molar-refractivity contribution in [1.29, 1.82) is 0 Å². The van der Waals surface area contributed by atoms with Crippen LogP contribution in [0.2, 0.25) is 0 Å². The number of thioether (sulfide) groups is 1. The Bertz CT molecular complexity index is 844. The van der Waals surface area contributed by atoms with Crippen molar-refractivity contribution in [3.63, 3.8) is 0 Å². The Kier molecular flexibility index (Phi) is 6.72. The quantitative estimate of drug-likeness (QED) is 0.518. The molecule has 3 rings (SSSR count). The second kappa shape index (κ2) is 9.22. The van der Waals surface area contributed by atoms with E-state index in [4.69, 9.17) is 4.98 Å². The maximum absolute atomic E-state index is 13.0. The lowest BCUT2D eigenvalue weighted by Gasteiger charge is -2.20. The van der Waals surface area contributed by atoms with Crippen LogP contribution in [0.25, 0.3) is 0 Å². The maximum atomic E-state index is 13.0. The third-order valence-corrected chi connectivity index (χ3v) is 6.01. The summed E-state index contributed by atoms with van der Waals surface area (Å²) < 4.78 is 1.60. The first-order valence-corrected chi connectivity index (χ1v) is 10.7. The molecule has 1 heterocycles. The molecule has 0 fully saturated rings. The third kappa shape index (κ3) is 4.61. The van der Waals surface area contributed by atoms with Crippen molar-refractivity contribution in [2.45, 2.75) is 51.2 Å². The van der Waals surface area contributed by atoms with Crippen LogP contribution in [-0.2, 0) is 30.6 Å². The van der Waals surface area contributed by atoms with E-state index >= 15 is 0 Å². The minimum atomic E-state index is -0.0276. The Morgan fingerprint density at radius 1 is 1.19 bits per heavy atom. The van der Waals surface area contributed by atoms with E-state index in [0.717, 1.165) is 42.7 Å². The molecule has 0 atom stereocenters. The number of likely N-dealkylation sites (N-methyl/N-ethyl adjacent to an activating group) is 1. The molecule has 1 aromatic heterocycles. The number of rotatable bonds is 8. The number of hydrogen-bond acceptors (Lipinski definition) is 4. The Morgan fingerprint density at radius 2 is 1.93 bits per heavy atom. The lowest BCUT2D eigenvalue weighted by atomic mass is 10.2. The number of carbonyl (C=O) groups is 1. The fourth-order valence-corrected chi connectivity index (χ4v) is 4.47. The summed E-state index contributed by atoms with van der Waals surface area (Å²) >= 11 is 1.57. The van der Waals surface area contributed by atoms with Gasteiger partial charge in [-0.1, -0.05) is 42.1 Å². The van der Waals surface area contributed by atoms with Gasteiger partial charge in [-0.2, -0.15) is 0 Å². The van der Waals surface area contributed by atoms with Crippen LogP contribution in [0.4, 0.5) is 0 Å². The van der Waals surface area contributed by atoms with Crippen molar-refractivity contribution in [2.75, 3.05) is 18.8 Å². The number of amides is 1. The van der Waals surface area contributed by atoms with Gasteiger partial charge in [0.1, 0.15) is 6.54 Å². The molecule has 144 valence electrons. The predicted octanol–water partition coefficient (Wildman–Crippen LogP) is 2.94. The SMILES string of the molecule is CCN(CC)C(=O)Cn1c(SCCc2ccccc2)nc2c(c1=O)CCC2. The molecule has 0 radical (unpaired) electrons. The highest BCUT2D eigenvalue weighted by molar-refractivity contribution is 7.99. The van der Waals surface area contributed by atoms with Gasteiger partial charge >= 0.3 is 0 Å². The van der Waals surface area contributed by atoms with Gasteiger partial charge < -0.3 is 4.90 Å². The van der Waals surface area contributed by atoms with Crippen molar-refractivity contribution in [3.05, 3.63) is 57.5 Å². The zero-order valence-electron chi connectivity index (χ0n) is 16.1. The highest BCUT2D eigenvalue weighted by Gasteiger charge is 2.23. The van der Waals surface area contributed by atoms with Crippen molar-refractivity contribution < 1.29 is 4.79 Å². The maximum Gasteiger partial charge on any atom is 0.258 e. The molecular weight excluding hydrogens is 358 g/mol. The topological polar surface area (TPSA) is 55.2 Å². The van der Waals surface area contributed by atoms with Gasteiger partial charge in [0.2, 0.25) is 5.91 Å². The van der Waals surface area contributed by atoms with Crippen LogP contribution in [-0.4, -0.2) is 39.2 Å². The molecule has 0 saturated carbocycles. The number of carbonyl (C=O) groups excluding carboxylic acids is 1. The average molecular weight is 386 g/mol. The van der Waals surface area contributed by atoms with Gasteiger partial charge in [0.15, 0.2) is 5.16 Å². The fourth-order valence-electron chi connectivity index (χ4n) is 3.47. The molecule has 0 aliphatic heterocycles. The van der Waals surface area contributed by atoms with Crippen molar-refractivity contribution in [2.24, 2.45) is 0 Å². The lowest BCUT2D eigenvalue weighted by molar-refractivity contribution is -0.131. The van der Waals surface area contributed by atoms with Crippen LogP contribution in [0.3, 0.4) is 0 Å². The van der Waals surface area contributed by atoms with Gasteiger partial charge in [-0.3, -0.25) is 14.2 Å². The molecule has 0 bridgehead atoms. The van der Waals surface area contributed by atoms with Gasteiger partial charge in [-0.05, 0) is 45.1 Å². The van der Waals surface area contributed by atoms with Crippen LogP contribution in [0.15, 0.2) is 40.3 Å². The first kappa shape index (κ1) is 19.7. The normalized spacial score (nSPS) is 12.8. The zero-order chi connectivity index (χ0) is 19.2. The number of benzene rings is 1. The van der Waals surface area contributed by atoms with Crippen molar-refractivity contribution >= 4 is 17.7 Å². The van der Waals surface area contributed by atoms with Crippen LogP contribution in [0.5, 0.6) is 0 Å². The highest BCUT2D eigenvalue weighted by atomic mass is 32.2. The highest BCUT2D eigenvalue weighted by Crippen LogP contribution is 2.22. The molecule has 2 aromatic rings. The number of aromatic nitrogens is 2. The Hall–Kier alpha value is -2.08. The van der Waals surface area contributed by atoms with E-state index in [1.54, 1.807) is 21.2 Å². The van der Waals surface area contributed by atoms with E-state index in [1.165, 1.54) is 5.56 Å². The summed E-state index contributed by atoms with van der Waals surface area (Å²) in [7, 11) is 0. The molecule has 6 heteroatoms. The van der Waals surface area contributed by atoms with E-state index in [2.05, 4.69) is 12.1 Å². The molecule has 0 N–H and O–H groups in total. The molecule has 5 nitrogen and oxygen atoms in total. The molecule has 0 saturated heterocycles. The summed E-state index contributed by atoms with van der Waals surface area (Å²) in [5.41, 5.74) is 2.96. The van der Waals surface area contributed by atoms with E-state index in [0.29, 0.717) is 18.2 Å². The zero-order valence-corrected chi connectivity index (χ0v) is 16.9. The second-order valence-electron chi connectivity index (χ2n) is 6.71. The minimum absolute atomic E-state index is 0.0215. The van der Waals surface area contributed by atoms with Gasteiger partial charge in [0, 0.05) is 24.4 Å². The van der Waals surface area contributed by atoms with Crippen LogP contribution < -0.4 is 5.56 Å². The van der Waals surface area contributed by atoms with Crippen molar-refractivity contribution in [3.8, 4) is 0 Å². The molecule has 1 amide bonds. The summed E-state index contributed by atoms with van der Waals surface area (Å²) in [5.74, 6) is 0.807. The molecule has 0 unspecified atom stereocenters. The van der Waals surface area contributed by atoms with Gasteiger partial charge in [0.05, 0.1) is 5.69 Å². The first-order valence-electron chi connectivity index (χ1n) is 9.71. The van der Waals surface area contributed by atoms with Crippen LogP contribution in [0.1, 0.15) is 37.1 Å². The van der Waals surface area contributed by atoms with Gasteiger partial charge in [-0.15, -0.1) is 0 Å². The van der Waals surface area contributed by atoms with Crippen LogP contribution in [0, 0.1) is 0 Å². The molecule has 0 spiro atoms.